The van der Waals surface area contributed by atoms with Crippen LogP contribution in [0.4, 0.5) is 0 Å². The van der Waals surface area contributed by atoms with E-state index in [1.165, 1.54) is 0 Å². The van der Waals surface area contributed by atoms with Crippen LogP contribution in [0.1, 0.15) is 13.3 Å². The number of carboxylic acid groups (broad SMARTS) is 1. The van der Waals surface area contributed by atoms with Gasteiger partial charge in [-0.25, -0.2) is 0 Å². The van der Waals surface area contributed by atoms with Crippen molar-refractivity contribution in [2.45, 2.75) is 13.3 Å². The summed E-state index contributed by atoms with van der Waals surface area (Å²) in [5.41, 5.74) is 0. The summed E-state index contributed by atoms with van der Waals surface area (Å²) in [6.45, 7) is 1.60. The van der Waals surface area contributed by atoms with Crippen LogP contribution in [-0.4, -0.2) is 18.2 Å². The minimum atomic E-state index is -0.745. The van der Waals surface area contributed by atoms with Crippen molar-refractivity contribution >= 4 is 5.97 Å². The molecular weight excluding hydrogens is 191 g/mol. The van der Waals surface area contributed by atoms with E-state index < -0.39 is 5.97 Å². The topological polar surface area (TPSA) is 46.5 Å². The Morgan fingerprint density at radius 2 is 1.93 bits per heavy atom. The molecule has 0 aliphatic carbocycles. The monoisotopic (exact) mass is 204 g/mol. The molecule has 0 fully saturated rings. The fraction of sp³-hybridized carbons (Fsp3) is 0.300. The predicted octanol–water partition coefficient (Wildman–Crippen LogP) is -1.02. The SMILES string of the molecule is CCC(=O)O.COc1cc[c-]cc1.[Na+]. The van der Waals surface area contributed by atoms with Crippen LogP contribution in [0.5, 0.6) is 5.75 Å². The van der Waals surface area contributed by atoms with Gasteiger partial charge in [-0.2, -0.15) is 18.2 Å². The van der Waals surface area contributed by atoms with Gasteiger partial charge in [0.1, 0.15) is 0 Å². The molecule has 14 heavy (non-hydrogen) atoms. The Morgan fingerprint density at radius 1 is 1.50 bits per heavy atom. The zero-order chi connectivity index (χ0) is 10.1. The Morgan fingerprint density at radius 3 is 2.14 bits per heavy atom. The molecule has 3 nitrogen and oxygen atoms in total. The normalized spacial score (nSPS) is 7.57. The molecule has 0 aliphatic heterocycles. The summed E-state index contributed by atoms with van der Waals surface area (Å²) in [6, 6.07) is 10.2. The van der Waals surface area contributed by atoms with Crippen LogP contribution in [0.25, 0.3) is 0 Å². The molecule has 1 aromatic carbocycles. The van der Waals surface area contributed by atoms with Gasteiger partial charge in [0.25, 0.3) is 0 Å². The third kappa shape index (κ3) is 9.58. The van der Waals surface area contributed by atoms with Crippen molar-refractivity contribution in [3.63, 3.8) is 0 Å². The smallest absolute Gasteiger partial charge is 0.522 e. The first-order valence-corrected chi connectivity index (χ1v) is 3.92. The van der Waals surface area contributed by atoms with E-state index in [2.05, 4.69) is 6.07 Å². The van der Waals surface area contributed by atoms with Crippen LogP contribution in [0.15, 0.2) is 24.3 Å². The molecule has 0 atom stereocenters. The van der Waals surface area contributed by atoms with E-state index in [-0.39, 0.29) is 36.0 Å². The number of methoxy groups -OCH3 is 1. The molecule has 0 unspecified atom stereocenters. The maximum atomic E-state index is 9.37. The van der Waals surface area contributed by atoms with Gasteiger partial charge in [0.05, 0.1) is 7.11 Å². The zero-order valence-electron chi connectivity index (χ0n) is 8.78. The van der Waals surface area contributed by atoms with Gasteiger partial charge in [-0.05, 0) is 0 Å². The predicted molar refractivity (Wildman–Crippen MR) is 49.8 cm³/mol. The molecule has 1 rings (SSSR count). The van der Waals surface area contributed by atoms with Gasteiger partial charge in [-0.1, -0.05) is 6.92 Å². The quantitative estimate of drug-likeness (QED) is 0.495. The molecule has 0 radical (unpaired) electrons. The second-order valence-electron chi connectivity index (χ2n) is 2.19. The first-order chi connectivity index (χ1) is 6.20. The van der Waals surface area contributed by atoms with Crippen LogP contribution in [0.3, 0.4) is 0 Å². The molecule has 0 aromatic heterocycles. The third-order valence-corrected chi connectivity index (χ3v) is 1.23. The van der Waals surface area contributed by atoms with Gasteiger partial charge in [-0.15, -0.1) is 12.1 Å². The third-order valence-electron chi connectivity index (χ3n) is 1.23. The zero-order valence-corrected chi connectivity index (χ0v) is 10.8. The number of benzene rings is 1. The standard InChI is InChI=1S/C7H7O.C3H6O2.Na/c1-8-7-5-3-2-4-6-7;1-2-3(4)5;/h3-6H,1H3;2H2,1H3,(H,4,5);/q-1;;+1. The number of rotatable bonds is 2. The number of ether oxygens (including phenoxy) is 1. The average molecular weight is 204 g/mol. The van der Waals surface area contributed by atoms with Crippen molar-refractivity contribution in [2.75, 3.05) is 7.11 Å². The summed E-state index contributed by atoms with van der Waals surface area (Å²) in [7, 11) is 1.65. The summed E-state index contributed by atoms with van der Waals surface area (Å²) in [6.07, 6.45) is 0.222. The number of aliphatic carboxylic acids is 1. The molecule has 0 bridgehead atoms. The molecule has 0 spiro atoms. The molecule has 4 heteroatoms. The maximum absolute atomic E-state index is 9.37. The van der Waals surface area contributed by atoms with E-state index >= 15 is 0 Å². The number of carboxylic acids is 1. The number of hydrogen-bond donors (Lipinski definition) is 1. The van der Waals surface area contributed by atoms with E-state index in [1.54, 1.807) is 14.0 Å². The Labute approximate surface area is 106 Å². The van der Waals surface area contributed by atoms with E-state index in [0.29, 0.717) is 0 Å². The van der Waals surface area contributed by atoms with Gasteiger partial charge < -0.3 is 9.84 Å². The van der Waals surface area contributed by atoms with Crippen molar-refractivity contribution in [2.24, 2.45) is 0 Å². The molecule has 1 N–H and O–H groups in total. The number of carbonyl (C=O) groups is 1. The summed E-state index contributed by atoms with van der Waals surface area (Å²) in [5.74, 6) is 0.133. The van der Waals surface area contributed by atoms with E-state index in [1.807, 2.05) is 24.3 Å². The van der Waals surface area contributed by atoms with Crippen molar-refractivity contribution in [1.82, 2.24) is 0 Å². The van der Waals surface area contributed by atoms with Crippen molar-refractivity contribution in [3.8, 4) is 5.75 Å². The molecule has 0 aliphatic rings. The van der Waals surface area contributed by atoms with Crippen LogP contribution < -0.4 is 34.3 Å². The van der Waals surface area contributed by atoms with Crippen LogP contribution in [0.2, 0.25) is 0 Å². The molecule has 0 saturated carbocycles. The van der Waals surface area contributed by atoms with Gasteiger partial charge >= 0.3 is 35.5 Å². The largest absolute Gasteiger partial charge is 1.00 e. The molecule has 1 aromatic rings. The first-order valence-electron chi connectivity index (χ1n) is 3.92. The van der Waals surface area contributed by atoms with Gasteiger partial charge in [-0.3, -0.25) is 4.79 Å². The first kappa shape index (κ1) is 15.9. The minimum Gasteiger partial charge on any atom is -0.522 e. The summed E-state index contributed by atoms with van der Waals surface area (Å²) >= 11 is 0. The van der Waals surface area contributed by atoms with E-state index in [9.17, 15) is 4.79 Å². The van der Waals surface area contributed by atoms with Crippen molar-refractivity contribution in [3.05, 3.63) is 30.3 Å². The molecule has 0 amide bonds. The van der Waals surface area contributed by atoms with E-state index in [4.69, 9.17) is 9.84 Å². The van der Waals surface area contributed by atoms with E-state index in [0.717, 1.165) is 5.75 Å². The summed E-state index contributed by atoms with van der Waals surface area (Å²) in [5, 5.41) is 7.72. The molecular formula is C10H13NaO3. The van der Waals surface area contributed by atoms with Gasteiger partial charge in [0.15, 0.2) is 0 Å². The van der Waals surface area contributed by atoms with Crippen LogP contribution >= 0.6 is 0 Å². The second-order valence-corrected chi connectivity index (χ2v) is 2.19. The Kier molecular flexibility index (Phi) is 12.0. The maximum Gasteiger partial charge on any atom is 1.00 e. The van der Waals surface area contributed by atoms with Crippen molar-refractivity contribution in [1.29, 1.82) is 0 Å². The van der Waals surface area contributed by atoms with Crippen LogP contribution in [-0.2, 0) is 4.79 Å². The Bertz CT molecular complexity index is 236. The Balaban J connectivity index is 0. The summed E-state index contributed by atoms with van der Waals surface area (Å²) in [4.78, 5) is 9.37. The fourth-order valence-corrected chi connectivity index (χ4v) is 0.508. The fourth-order valence-electron chi connectivity index (χ4n) is 0.508. The minimum absolute atomic E-state index is 0. The molecule has 0 heterocycles. The molecule has 72 valence electrons. The van der Waals surface area contributed by atoms with Crippen molar-refractivity contribution < 1.29 is 44.2 Å². The average Bonchev–Trinajstić information content (AvgIpc) is 2.20. The van der Waals surface area contributed by atoms with Crippen LogP contribution in [0, 0.1) is 6.07 Å². The second kappa shape index (κ2) is 10.6. The Hall–Kier alpha value is -0.510. The summed E-state index contributed by atoms with van der Waals surface area (Å²) < 4.78 is 4.89. The van der Waals surface area contributed by atoms with Gasteiger partial charge in [0.2, 0.25) is 0 Å². The number of hydrogen-bond acceptors (Lipinski definition) is 2. The van der Waals surface area contributed by atoms with Gasteiger partial charge in [0, 0.05) is 12.2 Å². The molecule has 0 saturated heterocycles.